The molecule has 5 rings (SSSR count). The Labute approximate surface area is 280 Å². The molecule has 1 aromatic heterocycles. The zero-order valence-electron chi connectivity index (χ0n) is 26.4. The molecule has 3 aromatic carbocycles. The van der Waals surface area contributed by atoms with Gasteiger partial charge in [0.2, 0.25) is 5.91 Å². The highest BCUT2D eigenvalue weighted by Crippen LogP contribution is 2.40. The van der Waals surface area contributed by atoms with Gasteiger partial charge in [-0.1, -0.05) is 91.7 Å². The zero-order valence-corrected chi connectivity index (χ0v) is 27.2. The fourth-order valence-corrected chi connectivity index (χ4v) is 6.49. The molecule has 0 radical (unpaired) electrons. The summed E-state index contributed by atoms with van der Waals surface area (Å²) in [4.78, 5) is 27.6. The first kappa shape index (κ1) is 34.3. The van der Waals surface area contributed by atoms with E-state index in [1.165, 1.54) is 0 Å². The molecule has 3 unspecified atom stereocenters. The maximum atomic E-state index is 12.5. The van der Waals surface area contributed by atoms with Crippen molar-refractivity contribution >= 4 is 23.6 Å². The standard InChI is InChI=1S/C38H42N2O6S/c41-25-27-14-16-29(17-15-27)34-23-32(26-47-36-12-7-8-22-39-36)45-38(46-34)30-20-18-28(19-21-30)33-10-6-5-9-31(33)24-40-35(42)11-3-1-2-4-13-37(43)44/h5-10,12,14-22,32,34,38,41H,1-4,11,13,23-26H2,(H,40,42)(H,43,44). The van der Waals surface area contributed by atoms with Crippen LogP contribution >= 0.6 is 11.8 Å². The number of aromatic nitrogens is 1. The molecule has 1 fully saturated rings. The van der Waals surface area contributed by atoms with E-state index in [2.05, 4.69) is 28.5 Å². The minimum atomic E-state index is -0.776. The van der Waals surface area contributed by atoms with Gasteiger partial charge in [0, 0.05) is 43.3 Å². The highest BCUT2D eigenvalue weighted by molar-refractivity contribution is 7.99. The van der Waals surface area contributed by atoms with Crippen LogP contribution in [0.3, 0.4) is 0 Å². The summed E-state index contributed by atoms with van der Waals surface area (Å²) >= 11 is 1.67. The van der Waals surface area contributed by atoms with Gasteiger partial charge in [0.15, 0.2) is 6.29 Å². The highest BCUT2D eigenvalue weighted by atomic mass is 32.2. The molecule has 1 amide bonds. The molecule has 3 N–H and O–H groups in total. The Morgan fingerprint density at radius 1 is 0.830 bits per heavy atom. The van der Waals surface area contributed by atoms with Crippen molar-refractivity contribution in [3.05, 3.63) is 119 Å². The maximum absolute atomic E-state index is 12.5. The van der Waals surface area contributed by atoms with Crippen LogP contribution in [-0.4, -0.2) is 38.9 Å². The first-order chi connectivity index (χ1) is 23.0. The average Bonchev–Trinajstić information content (AvgIpc) is 3.11. The van der Waals surface area contributed by atoms with Crippen LogP contribution in [-0.2, 0) is 32.2 Å². The van der Waals surface area contributed by atoms with Crippen molar-refractivity contribution in [1.82, 2.24) is 10.3 Å². The summed E-state index contributed by atoms with van der Waals surface area (Å²) in [7, 11) is 0. The van der Waals surface area contributed by atoms with Gasteiger partial charge in [0.1, 0.15) is 0 Å². The summed E-state index contributed by atoms with van der Waals surface area (Å²) in [5.74, 6) is -0.0391. The molecule has 47 heavy (non-hydrogen) atoms. The predicted octanol–water partition coefficient (Wildman–Crippen LogP) is 7.62. The number of aliphatic carboxylic acids is 1. The lowest BCUT2D eigenvalue weighted by molar-refractivity contribution is -0.245. The molecule has 0 spiro atoms. The molecule has 8 nitrogen and oxygen atoms in total. The van der Waals surface area contributed by atoms with Crippen LogP contribution in [0, 0.1) is 0 Å². The summed E-state index contributed by atoms with van der Waals surface area (Å²) in [6.07, 6.45) is 5.40. The largest absolute Gasteiger partial charge is 0.481 e. The minimum absolute atomic E-state index is 0.000306. The molecular weight excluding hydrogens is 612 g/mol. The molecule has 1 aliphatic rings. The smallest absolute Gasteiger partial charge is 0.303 e. The lowest BCUT2D eigenvalue weighted by atomic mass is 9.97. The number of hydrogen-bond acceptors (Lipinski definition) is 7. The van der Waals surface area contributed by atoms with Gasteiger partial charge in [-0.25, -0.2) is 4.98 Å². The second-order valence-corrected chi connectivity index (χ2v) is 12.7. The van der Waals surface area contributed by atoms with E-state index >= 15 is 0 Å². The number of carbonyl (C=O) groups excluding carboxylic acids is 1. The molecule has 1 saturated heterocycles. The van der Waals surface area contributed by atoms with Gasteiger partial charge >= 0.3 is 5.97 Å². The van der Waals surface area contributed by atoms with E-state index in [9.17, 15) is 14.7 Å². The Hall–Kier alpha value is -4.02. The quantitative estimate of drug-likeness (QED) is 0.0835. The van der Waals surface area contributed by atoms with Crippen LogP contribution < -0.4 is 5.32 Å². The molecule has 9 heteroatoms. The van der Waals surface area contributed by atoms with E-state index in [4.69, 9.17) is 14.6 Å². The van der Waals surface area contributed by atoms with Crippen LogP contribution in [0.15, 0.2) is 102 Å². The van der Waals surface area contributed by atoms with Crippen molar-refractivity contribution in [2.24, 2.45) is 0 Å². The number of nitrogens with zero attached hydrogens (tertiary/aromatic N) is 1. The summed E-state index contributed by atoms with van der Waals surface area (Å²) in [6, 6.07) is 30.1. The summed E-state index contributed by atoms with van der Waals surface area (Å²) < 4.78 is 13.0. The highest BCUT2D eigenvalue weighted by Gasteiger charge is 2.32. The van der Waals surface area contributed by atoms with E-state index in [0.29, 0.717) is 25.8 Å². The number of hydrogen-bond donors (Lipinski definition) is 3. The zero-order chi connectivity index (χ0) is 32.8. The van der Waals surface area contributed by atoms with Gasteiger partial charge in [0.25, 0.3) is 0 Å². The van der Waals surface area contributed by atoms with E-state index in [1.54, 1.807) is 18.0 Å². The second-order valence-electron chi connectivity index (χ2n) is 11.7. The maximum Gasteiger partial charge on any atom is 0.303 e. The molecule has 0 saturated carbocycles. The molecular formula is C38H42N2O6S. The van der Waals surface area contributed by atoms with Crippen molar-refractivity contribution in [3.8, 4) is 11.1 Å². The molecule has 246 valence electrons. The van der Waals surface area contributed by atoms with E-state index in [0.717, 1.165) is 63.4 Å². The van der Waals surface area contributed by atoms with E-state index in [1.807, 2.05) is 72.8 Å². The third-order valence-corrected chi connectivity index (χ3v) is 9.28. The number of thioether (sulfide) groups is 1. The topological polar surface area (TPSA) is 118 Å². The Bertz CT molecular complexity index is 1570. The van der Waals surface area contributed by atoms with Crippen molar-refractivity contribution in [2.75, 3.05) is 5.75 Å². The molecule has 2 heterocycles. The normalized spacial score (nSPS) is 17.7. The fourth-order valence-electron chi connectivity index (χ4n) is 5.61. The molecule has 0 bridgehead atoms. The predicted molar refractivity (Wildman–Crippen MR) is 182 cm³/mol. The van der Waals surface area contributed by atoms with Crippen LogP contribution in [0.5, 0.6) is 0 Å². The SMILES string of the molecule is O=C(O)CCCCCCC(=O)NCc1ccccc1-c1ccc(C2OC(CSc3ccccn3)CC(c3ccc(CO)cc3)O2)cc1. The molecule has 1 aliphatic heterocycles. The van der Waals surface area contributed by atoms with Gasteiger partial charge in [-0.05, 0) is 52.8 Å². The molecule has 4 aromatic rings. The van der Waals surface area contributed by atoms with E-state index < -0.39 is 12.3 Å². The van der Waals surface area contributed by atoms with Crippen molar-refractivity contribution in [2.45, 2.75) is 81.6 Å². The number of pyridine rings is 1. The van der Waals surface area contributed by atoms with Crippen molar-refractivity contribution in [3.63, 3.8) is 0 Å². The van der Waals surface area contributed by atoms with Crippen LogP contribution in [0.2, 0.25) is 0 Å². The summed E-state index contributed by atoms with van der Waals surface area (Å²) in [5.41, 5.74) is 5.94. The number of carbonyl (C=O) groups is 2. The summed E-state index contributed by atoms with van der Waals surface area (Å²) in [5, 5.41) is 22.3. The van der Waals surface area contributed by atoms with Gasteiger partial charge in [-0.3, -0.25) is 9.59 Å². The lowest BCUT2D eigenvalue weighted by Crippen LogP contribution is -2.31. The first-order valence-corrected chi connectivity index (χ1v) is 17.2. The van der Waals surface area contributed by atoms with Gasteiger partial charge in [-0.2, -0.15) is 0 Å². The Kier molecular flexibility index (Phi) is 13.0. The van der Waals surface area contributed by atoms with Crippen LogP contribution in [0.25, 0.3) is 11.1 Å². The number of ether oxygens (including phenoxy) is 2. The van der Waals surface area contributed by atoms with Gasteiger partial charge in [0.05, 0.1) is 23.8 Å². The van der Waals surface area contributed by atoms with Gasteiger partial charge < -0.3 is 25.0 Å². The number of nitrogens with one attached hydrogen (secondary N) is 1. The monoisotopic (exact) mass is 654 g/mol. The Balaban J connectivity index is 1.23. The number of rotatable bonds is 16. The number of carboxylic acid groups (broad SMARTS) is 1. The summed E-state index contributed by atoms with van der Waals surface area (Å²) in [6.45, 7) is 0.428. The lowest BCUT2D eigenvalue weighted by Gasteiger charge is -2.36. The van der Waals surface area contributed by atoms with Crippen molar-refractivity contribution < 1.29 is 29.3 Å². The number of unbranched alkanes of at least 4 members (excludes halogenated alkanes) is 3. The minimum Gasteiger partial charge on any atom is -0.481 e. The third kappa shape index (κ3) is 10.5. The average molecular weight is 655 g/mol. The molecule has 0 aliphatic carbocycles. The molecule has 3 atom stereocenters. The number of carboxylic acids is 1. The fraction of sp³-hybridized carbons (Fsp3) is 0.342. The van der Waals surface area contributed by atoms with Crippen LogP contribution in [0.1, 0.15) is 79.6 Å². The van der Waals surface area contributed by atoms with E-state index in [-0.39, 0.29) is 31.1 Å². The van der Waals surface area contributed by atoms with Crippen LogP contribution in [0.4, 0.5) is 0 Å². The Morgan fingerprint density at radius 3 is 2.28 bits per heavy atom. The van der Waals surface area contributed by atoms with Gasteiger partial charge in [-0.15, -0.1) is 11.8 Å². The first-order valence-electron chi connectivity index (χ1n) is 16.2. The number of benzene rings is 3. The number of aliphatic hydroxyl groups excluding tert-OH is 1. The second kappa shape index (κ2) is 17.8. The number of amides is 1. The third-order valence-electron chi connectivity index (χ3n) is 8.20. The Morgan fingerprint density at radius 2 is 1.55 bits per heavy atom. The number of aliphatic hydroxyl groups is 1. The van der Waals surface area contributed by atoms with Crippen molar-refractivity contribution in [1.29, 1.82) is 0 Å².